The molecule has 0 N–H and O–H groups in total. The fourth-order valence-electron chi connectivity index (χ4n) is 2.39. The molecule has 0 saturated heterocycles. The topological polar surface area (TPSA) is 22.1 Å². The molecule has 0 spiro atoms. The third-order valence-electron chi connectivity index (χ3n) is 3.64. The first-order chi connectivity index (χ1) is 10.1. The summed E-state index contributed by atoms with van der Waals surface area (Å²) in [7, 11) is 0. The van der Waals surface area contributed by atoms with Crippen LogP contribution in [0, 0.1) is 9.52 Å². The highest BCUT2D eigenvalue weighted by atomic mass is 127. The number of hydrogen-bond donors (Lipinski definition) is 0. The second kappa shape index (κ2) is 5.47. The van der Waals surface area contributed by atoms with Crippen molar-refractivity contribution in [2.45, 2.75) is 5.41 Å². The van der Waals surface area contributed by atoms with Crippen LogP contribution in [0.1, 0.15) is 5.56 Å². The lowest BCUT2D eigenvalue weighted by atomic mass is 9.85. The Morgan fingerprint density at radius 3 is 2.48 bits per heavy atom. The number of pyridine rings is 1. The molecule has 110 valence electrons. The van der Waals surface area contributed by atoms with Crippen LogP contribution in [0.5, 0.6) is 5.75 Å². The second-order valence-electron chi connectivity index (χ2n) is 5.01. The number of rotatable bonds is 3. The van der Waals surface area contributed by atoms with Gasteiger partial charge in [-0.3, -0.25) is 0 Å². The minimum absolute atomic E-state index is 0.0503. The predicted molar refractivity (Wildman–Crippen MR) is 81.5 cm³/mol. The van der Waals surface area contributed by atoms with E-state index < -0.39 is 18.8 Å². The highest BCUT2D eigenvalue weighted by Crippen LogP contribution is 2.45. The van der Waals surface area contributed by atoms with Crippen LogP contribution < -0.4 is 4.74 Å². The Bertz CT molecular complexity index is 671. The SMILES string of the molecule is FCC1(CF)COc2c1cc(I)nc2-c1ccc(F)cc1. The molecule has 0 atom stereocenters. The van der Waals surface area contributed by atoms with Gasteiger partial charge in [0.1, 0.15) is 40.9 Å². The van der Waals surface area contributed by atoms with Crippen molar-refractivity contribution in [1.29, 1.82) is 0 Å². The smallest absolute Gasteiger partial charge is 0.149 e. The molecule has 2 heterocycles. The minimum Gasteiger partial charge on any atom is -0.490 e. The molecule has 1 aliphatic heterocycles. The quantitative estimate of drug-likeness (QED) is 0.568. The van der Waals surface area contributed by atoms with Gasteiger partial charge in [-0.05, 0) is 52.9 Å². The number of benzene rings is 1. The number of alkyl halides is 2. The first kappa shape index (κ1) is 14.6. The largest absolute Gasteiger partial charge is 0.490 e. The standard InChI is InChI=1S/C15H11F3INO/c16-6-15(7-17)8-21-14-11(15)5-12(19)20-13(14)9-1-3-10(18)4-2-9/h1-5H,6-8H2. The molecule has 0 amide bonds. The molecule has 2 aromatic rings. The van der Waals surface area contributed by atoms with Crippen molar-refractivity contribution in [3.05, 3.63) is 45.4 Å². The zero-order valence-electron chi connectivity index (χ0n) is 10.9. The van der Waals surface area contributed by atoms with Crippen molar-refractivity contribution in [2.75, 3.05) is 20.0 Å². The summed E-state index contributed by atoms with van der Waals surface area (Å²) in [5.41, 5.74) is 0.374. The first-order valence-electron chi connectivity index (χ1n) is 6.31. The van der Waals surface area contributed by atoms with Gasteiger partial charge in [0, 0.05) is 11.1 Å². The van der Waals surface area contributed by atoms with E-state index in [2.05, 4.69) is 4.98 Å². The van der Waals surface area contributed by atoms with Crippen molar-refractivity contribution in [2.24, 2.45) is 0 Å². The third kappa shape index (κ3) is 2.39. The number of fused-ring (bicyclic) bond motifs is 1. The molecule has 3 rings (SSSR count). The van der Waals surface area contributed by atoms with Gasteiger partial charge < -0.3 is 4.74 Å². The maximum absolute atomic E-state index is 13.4. The molecule has 21 heavy (non-hydrogen) atoms. The fourth-order valence-corrected chi connectivity index (χ4v) is 2.94. The summed E-state index contributed by atoms with van der Waals surface area (Å²) in [6.07, 6.45) is 0. The summed E-state index contributed by atoms with van der Waals surface area (Å²) in [6, 6.07) is 7.42. The van der Waals surface area contributed by atoms with Gasteiger partial charge in [0.25, 0.3) is 0 Å². The zero-order chi connectivity index (χ0) is 15.0. The molecule has 0 fully saturated rings. The fraction of sp³-hybridized carbons (Fsp3) is 0.267. The molecule has 0 aliphatic carbocycles. The van der Waals surface area contributed by atoms with Gasteiger partial charge in [-0.2, -0.15) is 0 Å². The van der Waals surface area contributed by atoms with Gasteiger partial charge in [-0.25, -0.2) is 18.2 Å². The van der Waals surface area contributed by atoms with E-state index in [0.29, 0.717) is 26.3 Å². The van der Waals surface area contributed by atoms with Gasteiger partial charge in [-0.15, -0.1) is 0 Å². The second-order valence-corrected chi connectivity index (χ2v) is 6.12. The van der Waals surface area contributed by atoms with E-state index in [4.69, 9.17) is 4.74 Å². The normalized spacial score (nSPS) is 15.6. The average Bonchev–Trinajstić information content (AvgIpc) is 2.86. The highest BCUT2D eigenvalue weighted by molar-refractivity contribution is 14.1. The van der Waals surface area contributed by atoms with E-state index in [9.17, 15) is 13.2 Å². The Balaban J connectivity index is 2.19. The van der Waals surface area contributed by atoms with Crippen LogP contribution in [-0.4, -0.2) is 24.9 Å². The van der Waals surface area contributed by atoms with Gasteiger partial charge in [-0.1, -0.05) is 0 Å². The molecular formula is C15H11F3INO. The van der Waals surface area contributed by atoms with Gasteiger partial charge in [0.2, 0.25) is 0 Å². The average molecular weight is 405 g/mol. The Hall–Kier alpha value is -1.31. The summed E-state index contributed by atoms with van der Waals surface area (Å²) in [4.78, 5) is 4.37. The molecule has 0 unspecified atom stereocenters. The van der Waals surface area contributed by atoms with Crippen LogP contribution >= 0.6 is 22.6 Å². The van der Waals surface area contributed by atoms with E-state index in [1.807, 2.05) is 22.6 Å². The van der Waals surface area contributed by atoms with Crippen LogP contribution in [-0.2, 0) is 5.41 Å². The number of halogens is 4. The van der Waals surface area contributed by atoms with Crippen LogP contribution in [0.15, 0.2) is 30.3 Å². The Morgan fingerprint density at radius 2 is 1.86 bits per heavy atom. The molecule has 1 aromatic heterocycles. The van der Waals surface area contributed by atoms with Crippen LogP contribution in [0.25, 0.3) is 11.3 Å². The van der Waals surface area contributed by atoms with E-state index in [-0.39, 0.29) is 12.4 Å². The lowest BCUT2D eigenvalue weighted by Crippen LogP contribution is -2.33. The molecule has 0 radical (unpaired) electrons. The molecule has 2 nitrogen and oxygen atoms in total. The van der Waals surface area contributed by atoms with Crippen molar-refractivity contribution in [3.63, 3.8) is 0 Å². The molecule has 1 aliphatic rings. The van der Waals surface area contributed by atoms with E-state index in [1.165, 1.54) is 12.1 Å². The summed E-state index contributed by atoms with van der Waals surface area (Å²) in [6.45, 7) is -1.72. The number of hydrogen-bond acceptors (Lipinski definition) is 2. The monoisotopic (exact) mass is 405 g/mol. The molecule has 1 aromatic carbocycles. The third-order valence-corrected chi connectivity index (χ3v) is 4.19. The predicted octanol–water partition coefficient (Wildman–Crippen LogP) is 4.06. The van der Waals surface area contributed by atoms with Gasteiger partial charge in [0.15, 0.2) is 0 Å². The summed E-state index contributed by atoms with van der Waals surface area (Å²) >= 11 is 2.00. The lowest BCUT2D eigenvalue weighted by Gasteiger charge is -2.20. The maximum Gasteiger partial charge on any atom is 0.149 e. The number of ether oxygens (including phenoxy) is 1. The Morgan fingerprint density at radius 1 is 1.19 bits per heavy atom. The molecule has 0 bridgehead atoms. The minimum atomic E-state index is -1.26. The van der Waals surface area contributed by atoms with Crippen molar-refractivity contribution >= 4 is 22.6 Å². The van der Waals surface area contributed by atoms with Crippen molar-refractivity contribution < 1.29 is 17.9 Å². The van der Waals surface area contributed by atoms with E-state index >= 15 is 0 Å². The first-order valence-corrected chi connectivity index (χ1v) is 7.39. The molecular weight excluding hydrogens is 394 g/mol. The van der Waals surface area contributed by atoms with Gasteiger partial charge in [0.05, 0.1) is 5.41 Å². The van der Waals surface area contributed by atoms with Crippen LogP contribution in [0.3, 0.4) is 0 Å². The van der Waals surface area contributed by atoms with Crippen molar-refractivity contribution in [1.82, 2.24) is 4.98 Å². The van der Waals surface area contributed by atoms with Gasteiger partial charge >= 0.3 is 0 Å². The Kier molecular flexibility index (Phi) is 3.81. The number of nitrogens with zero attached hydrogens (tertiary/aromatic N) is 1. The Labute approximate surface area is 133 Å². The van der Waals surface area contributed by atoms with Crippen LogP contribution in [0.2, 0.25) is 0 Å². The van der Waals surface area contributed by atoms with Crippen LogP contribution in [0.4, 0.5) is 13.2 Å². The van der Waals surface area contributed by atoms with E-state index in [0.717, 1.165) is 0 Å². The summed E-state index contributed by atoms with van der Waals surface area (Å²) in [5, 5.41) is 0. The summed E-state index contributed by atoms with van der Waals surface area (Å²) < 4.78 is 45.9. The van der Waals surface area contributed by atoms with Crippen molar-refractivity contribution in [3.8, 4) is 17.0 Å². The lowest BCUT2D eigenvalue weighted by molar-refractivity contribution is 0.185. The summed E-state index contributed by atoms with van der Waals surface area (Å²) in [5.74, 6) is 0.0288. The molecule has 6 heteroatoms. The van der Waals surface area contributed by atoms with E-state index in [1.54, 1.807) is 18.2 Å². The maximum atomic E-state index is 13.4. The highest BCUT2D eigenvalue weighted by Gasteiger charge is 2.43. The number of aromatic nitrogens is 1. The molecule has 0 saturated carbocycles. The zero-order valence-corrected chi connectivity index (χ0v) is 13.0.